The first-order chi connectivity index (χ1) is 33.8. The molecule has 1 aliphatic carbocycles. The molecule has 7 aromatic rings. The topological polar surface area (TPSA) is 114 Å². The Morgan fingerprint density at radius 2 is 1.27 bits per heavy atom. The van der Waals surface area contributed by atoms with Gasteiger partial charge in [0.1, 0.15) is 29.1 Å². The van der Waals surface area contributed by atoms with Crippen LogP contribution in [0.3, 0.4) is 0 Å². The lowest BCUT2D eigenvalue weighted by Crippen LogP contribution is -2.44. The van der Waals surface area contributed by atoms with E-state index in [1.807, 2.05) is 85.8 Å². The summed E-state index contributed by atoms with van der Waals surface area (Å²) in [6.07, 6.45) is -4.54. The van der Waals surface area contributed by atoms with Crippen molar-refractivity contribution in [3.05, 3.63) is 197 Å². The van der Waals surface area contributed by atoms with Crippen LogP contribution in [0.25, 0.3) is 0 Å². The third kappa shape index (κ3) is 11.3. The van der Waals surface area contributed by atoms with Crippen LogP contribution >= 0.6 is 19.3 Å². The molecule has 0 unspecified atom stereocenters. The van der Waals surface area contributed by atoms with Crippen LogP contribution in [0.4, 0.5) is 29.3 Å². The third-order valence-corrected chi connectivity index (χ3v) is 16.1. The molecule has 0 spiro atoms. The van der Waals surface area contributed by atoms with Gasteiger partial charge in [-0.3, -0.25) is 4.74 Å². The van der Waals surface area contributed by atoms with E-state index in [-0.39, 0.29) is 5.69 Å². The van der Waals surface area contributed by atoms with Crippen LogP contribution in [-0.4, -0.2) is 45.1 Å². The number of amides is 2. The largest absolute Gasteiger partial charge is 0.497 e. The van der Waals surface area contributed by atoms with Crippen molar-refractivity contribution >= 4 is 57.7 Å². The third-order valence-electron chi connectivity index (χ3n) is 12.1. The fourth-order valence-electron chi connectivity index (χ4n) is 8.70. The van der Waals surface area contributed by atoms with Crippen LogP contribution in [0.1, 0.15) is 45.5 Å². The predicted molar refractivity (Wildman–Crippen MR) is 277 cm³/mol. The number of halogens is 3. The summed E-state index contributed by atoms with van der Waals surface area (Å²) >= 11 is 6.20. The number of methoxy groups -OCH3 is 3. The van der Waals surface area contributed by atoms with Gasteiger partial charge in [0, 0.05) is 28.0 Å². The Balaban J connectivity index is 1.10. The standard InChI is InChI=1S/C55H53F3N5O5PS/c1-35-15-28-50(48(31-35)61-53(64)60-40-30-36(2)29-39(33-40)55(56,57)58)68-51-32-38-13-9-10-14-47(38)52(51)63-54(70)62-49(37-11-7-6-8-12-37)34-59-69(44-22-16-41(65-3)17-23-44,45-24-18-42(66-4)19-25-45)46-26-20-43(67-5)21-27-46/h6-31,33,49,51-52H,32,34H2,1-5H3,(H2,60,61,64)(H2,62,63,70)/t49-,51+,52+/m0/s1. The average molecular weight is 984 g/mol. The second-order valence-electron chi connectivity index (χ2n) is 16.8. The Morgan fingerprint density at radius 1 is 0.700 bits per heavy atom. The summed E-state index contributed by atoms with van der Waals surface area (Å²) in [6.45, 7) is 3.72. The Labute approximate surface area is 411 Å². The summed E-state index contributed by atoms with van der Waals surface area (Å²) in [7, 11) is 2.16. The smallest absolute Gasteiger partial charge is 0.416 e. The van der Waals surface area contributed by atoms with E-state index in [0.717, 1.165) is 67.5 Å². The molecular formula is C55H53F3N5O5PS. The van der Waals surface area contributed by atoms with E-state index in [1.165, 1.54) is 13.0 Å². The number of anilines is 2. The van der Waals surface area contributed by atoms with Crippen LogP contribution in [0, 0.1) is 13.8 Å². The van der Waals surface area contributed by atoms with Gasteiger partial charge in [-0.15, -0.1) is 0 Å². The Bertz CT molecular complexity index is 2890. The van der Waals surface area contributed by atoms with Gasteiger partial charge < -0.3 is 40.2 Å². The molecule has 0 fully saturated rings. The molecule has 70 heavy (non-hydrogen) atoms. The second-order valence-corrected chi connectivity index (χ2v) is 20.3. The number of ether oxygens (including phenoxy) is 4. The number of nitrogens with one attached hydrogen (secondary N) is 4. The summed E-state index contributed by atoms with van der Waals surface area (Å²) < 4.78 is 70.2. The molecule has 0 saturated carbocycles. The van der Waals surface area contributed by atoms with Crippen molar-refractivity contribution in [3.8, 4) is 23.0 Å². The Hall–Kier alpha value is -7.28. The predicted octanol–water partition coefficient (Wildman–Crippen LogP) is 11.4. The lowest BCUT2D eigenvalue weighted by molar-refractivity contribution is -0.137. The van der Waals surface area contributed by atoms with Crippen LogP contribution < -0.4 is 56.1 Å². The molecule has 7 aromatic carbocycles. The molecule has 15 heteroatoms. The van der Waals surface area contributed by atoms with Gasteiger partial charge in [0.2, 0.25) is 0 Å². The van der Waals surface area contributed by atoms with Gasteiger partial charge in [0.05, 0.1) is 58.3 Å². The normalized spacial score (nSPS) is 14.6. The van der Waals surface area contributed by atoms with Crippen molar-refractivity contribution < 1.29 is 36.9 Å². The molecule has 0 heterocycles. The molecular weight excluding hydrogens is 931 g/mol. The number of aryl methyl sites for hydroxylation is 2. The number of hydrogen-bond donors (Lipinski definition) is 4. The van der Waals surface area contributed by atoms with Crippen LogP contribution in [0.2, 0.25) is 0 Å². The van der Waals surface area contributed by atoms with Crippen molar-refractivity contribution in [2.24, 2.45) is 4.74 Å². The molecule has 8 rings (SSSR count). The first-order valence-electron chi connectivity index (χ1n) is 22.5. The molecule has 2 amide bonds. The molecule has 0 bridgehead atoms. The Morgan fingerprint density at radius 3 is 1.84 bits per heavy atom. The van der Waals surface area contributed by atoms with E-state index < -0.39 is 43.0 Å². The number of alkyl halides is 3. The van der Waals surface area contributed by atoms with Crippen LogP contribution in [0.5, 0.6) is 23.0 Å². The highest BCUT2D eigenvalue weighted by molar-refractivity contribution is 7.87. The van der Waals surface area contributed by atoms with Crippen LogP contribution in [-0.2, 0) is 12.6 Å². The van der Waals surface area contributed by atoms with Gasteiger partial charge in [-0.05, 0) is 157 Å². The summed E-state index contributed by atoms with van der Waals surface area (Å²) in [5, 5.41) is 16.0. The number of hydrogen-bond acceptors (Lipinski definition) is 7. The van der Waals surface area contributed by atoms with E-state index in [2.05, 4.69) is 75.9 Å². The van der Waals surface area contributed by atoms with Crippen LogP contribution in [0.15, 0.2) is 169 Å². The van der Waals surface area contributed by atoms with Gasteiger partial charge >= 0.3 is 12.2 Å². The molecule has 0 saturated heterocycles. The minimum atomic E-state index is -4.57. The fourth-order valence-corrected chi connectivity index (χ4v) is 12.5. The molecule has 360 valence electrons. The quantitative estimate of drug-likeness (QED) is 0.0593. The highest BCUT2D eigenvalue weighted by Crippen LogP contribution is 2.48. The van der Waals surface area contributed by atoms with E-state index in [1.54, 1.807) is 33.5 Å². The fraction of sp³-hybridized carbons (Fsp3) is 0.200. The zero-order chi connectivity index (χ0) is 49.4. The van der Waals surface area contributed by atoms with E-state index >= 15 is 0 Å². The van der Waals surface area contributed by atoms with Crippen molar-refractivity contribution in [1.29, 1.82) is 0 Å². The number of carbonyl (C=O) groups is 1. The average Bonchev–Trinajstić information content (AvgIpc) is 3.70. The maximum absolute atomic E-state index is 13.6. The van der Waals surface area contributed by atoms with Gasteiger partial charge in [0.15, 0.2) is 5.11 Å². The number of nitrogens with zero attached hydrogens (tertiary/aromatic N) is 1. The second kappa shape index (κ2) is 21.6. The lowest BCUT2D eigenvalue weighted by atomic mass is 10.1. The maximum Gasteiger partial charge on any atom is 0.416 e. The first kappa shape index (κ1) is 49.2. The monoisotopic (exact) mass is 983 g/mol. The molecule has 4 N–H and O–H groups in total. The van der Waals surface area contributed by atoms with Crippen molar-refractivity contribution in [1.82, 2.24) is 10.6 Å². The van der Waals surface area contributed by atoms with Crippen molar-refractivity contribution in [3.63, 3.8) is 0 Å². The zero-order valence-corrected chi connectivity index (χ0v) is 40.9. The number of rotatable bonds is 15. The molecule has 0 aliphatic heterocycles. The molecule has 1 aliphatic rings. The number of benzene rings is 7. The Kier molecular flexibility index (Phi) is 15.1. The molecule has 0 aromatic heterocycles. The van der Waals surface area contributed by atoms with Crippen molar-refractivity contribution in [2.45, 2.75) is 44.6 Å². The van der Waals surface area contributed by atoms with E-state index in [9.17, 15) is 18.0 Å². The van der Waals surface area contributed by atoms with Crippen molar-refractivity contribution in [2.75, 3.05) is 38.5 Å². The lowest BCUT2D eigenvalue weighted by Gasteiger charge is -2.30. The highest BCUT2D eigenvalue weighted by Gasteiger charge is 2.36. The summed E-state index contributed by atoms with van der Waals surface area (Å²) in [4.78, 5) is 13.4. The number of urea groups is 1. The maximum atomic E-state index is 13.6. The van der Waals surface area contributed by atoms with Gasteiger partial charge in [-0.1, -0.05) is 60.7 Å². The molecule has 0 radical (unpaired) electrons. The zero-order valence-electron chi connectivity index (χ0n) is 39.2. The molecule has 3 atom stereocenters. The minimum Gasteiger partial charge on any atom is -0.497 e. The summed E-state index contributed by atoms with van der Waals surface area (Å²) in [6, 6.07) is 49.6. The van der Waals surface area contributed by atoms with Gasteiger partial charge in [0.25, 0.3) is 0 Å². The number of fused-ring (bicyclic) bond motifs is 1. The number of thiocarbonyl (C=S) groups is 1. The molecule has 10 nitrogen and oxygen atoms in total. The van der Waals surface area contributed by atoms with E-state index in [4.69, 9.17) is 35.9 Å². The summed E-state index contributed by atoms with van der Waals surface area (Å²) in [5.41, 5.74) is 3.72. The van der Waals surface area contributed by atoms with E-state index in [0.29, 0.717) is 35.1 Å². The number of carbonyl (C=O) groups excluding carboxylic acids is 1. The first-order valence-corrected chi connectivity index (χ1v) is 24.7. The SMILES string of the molecule is COc1ccc(P(=NC[C@H](NC(=S)N[C@@H]2c3ccccc3C[C@H]2Oc2ccc(C)cc2NC(=O)Nc2cc(C)cc(C(F)(F)F)c2)c2ccccc2)(c2ccc(OC)cc2)c2ccc(OC)cc2)cc1. The van der Waals surface area contributed by atoms with Gasteiger partial charge in [-0.25, -0.2) is 4.79 Å². The highest BCUT2D eigenvalue weighted by atomic mass is 32.1. The minimum absolute atomic E-state index is 0.00725. The summed E-state index contributed by atoms with van der Waals surface area (Å²) in [5.74, 6) is 2.56. The van der Waals surface area contributed by atoms with Gasteiger partial charge in [-0.2, -0.15) is 13.2 Å².